The Balaban J connectivity index is 4.09. The third kappa shape index (κ3) is 24.4. The van der Waals surface area contributed by atoms with Crippen molar-refractivity contribution >= 4 is 18.1 Å². The molecule has 0 aromatic rings. The molecule has 9 heteroatoms. The summed E-state index contributed by atoms with van der Waals surface area (Å²) in [5.74, 6) is -0.384. The summed E-state index contributed by atoms with van der Waals surface area (Å²) in [6, 6.07) is 0. The number of rotatable bonds is 25. The van der Waals surface area contributed by atoms with Gasteiger partial charge in [0.1, 0.15) is 6.61 Å². The van der Waals surface area contributed by atoms with E-state index in [2.05, 4.69) is 6.92 Å². The Morgan fingerprint density at radius 2 is 1.15 bits per heavy atom. The number of ether oxygens (including phenoxy) is 3. The molecule has 0 fully saturated rings. The molecule has 0 aliphatic rings. The first-order valence-corrected chi connectivity index (χ1v) is 16.2. The molecule has 1 unspecified atom stereocenters. The van der Waals surface area contributed by atoms with Crippen LogP contribution in [0.5, 0.6) is 0 Å². The first kappa shape index (κ1) is 39.1. The normalized spacial score (nSPS) is 12.2. The maximum atomic E-state index is 12.6. The third-order valence-corrected chi connectivity index (χ3v) is 7.07. The van der Waals surface area contributed by atoms with E-state index in [9.17, 15) is 14.4 Å². The van der Waals surface area contributed by atoms with Crippen LogP contribution >= 0.6 is 0 Å². The number of carbonyl (C=O) groups excluding carboxylic acids is 3. The number of hydrogen-bond acceptors (Lipinski definition) is 6. The quantitative estimate of drug-likeness (QED) is 0.0844. The largest absolute Gasteiger partial charge is 0.445 e. The van der Waals surface area contributed by atoms with Gasteiger partial charge in [-0.25, -0.2) is 14.5 Å². The topological polar surface area (TPSA) is 85.4 Å². The van der Waals surface area contributed by atoms with E-state index in [-0.39, 0.29) is 25.7 Å². The van der Waals surface area contributed by atoms with Gasteiger partial charge in [-0.3, -0.25) is 4.79 Å². The molecule has 0 saturated heterocycles. The van der Waals surface area contributed by atoms with Crippen molar-refractivity contribution < 1.29 is 33.1 Å². The zero-order valence-corrected chi connectivity index (χ0v) is 27.7. The fraction of sp³-hybridized carbons (Fsp3) is 0.906. The molecule has 3 amide bonds. The molecule has 0 aromatic heterocycles. The first-order chi connectivity index (χ1) is 19.5. The van der Waals surface area contributed by atoms with Gasteiger partial charge in [-0.05, 0) is 6.42 Å². The lowest BCUT2D eigenvalue weighted by Crippen LogP contribution is -2.46. The van der Waals surface area contributed by atoms with Crippen molar-refractivity contribution in [1.29, 1.82) is 0 Å². The van der Waals surface area contributed by atoms with E-state index in [1.165, 1.54) is 102 Å². The number of imide groups is 1. The van der Waals surface area contributed by atoms with Crippen LogP contribution in [0.15, 0.2) is 0 Å². The molecule has 0 spiro atoms. The molecule has 242 valence electrons. The van der Waals surface area contributed by atoms with Gasteiger partial charge in [-0.15, -0.1) is 0 Å². The van der Waals surface area contributed by atoms with Crippen LogP contribution in [0.1, 0.15) is 117 Å². The van der Waals surface area contributed by atoms with Crippen molar-refractivity contribution in [3.8, 4) is 0 Å². The Hall–Kier alpha value is -1.87. The Morgan fingerprint density at radius 1 is 0.683 bits per heavy atom. The summed E-state index contributed by atoms with van der Waals surface area (Å²) in [6.07, 6.45) is 19.0. The third-order valence-electron chi connectivity index (χ3n) is 7.07. The molecule has 0 rings (SSSR count). The molecule has 0 heterocycles. The molecule has 0 radical (unpaired) electrons. The van der Waals surface area contributed by atoms with E-state index in [1.54, 1.807) is 14.1 Å². The summed E-state index contributed by atoms with van der Waals surface area (Å²) in [7, 11) is 9.13. The van der Waals surface area contributed by atoms with E-state index in [4.69, 9.17) is 14.2 Å². The maximum absolute atomic E-state index is 12.6. The van der Waals surface area contributed by atoms with E-state index >= 15 is 0 Å². The molecule has 0 aromatic carbocycles. The number of unbranched alkanes of at least 4 members (excludes halogenated alkanes) is 15. The first-order valence-electron chi connectivity index (χ1n) is 16.2. The van der Waals surface area contributed by atoms with Crippen LogP contribution in [0, 0.1) is 0 Å². The molecule has 0 aliphatic heterocycles. The zero-order valence-electron chi connectivity index (χ0n) is 27.7. The van der Waals surface area contributed by atoms with Gasteiger partial charge in [0.25, 0.3) is 0 Å². The molecular formula is C32H64N3O6+. The average Bonchev–Trinajstić information content (AvgIpc) is 2.89. The van der Waals surface area contributed by atoms with Crippen molar-refractivity contribution in [2.75, 3.05) is 68.1 Å². The summed E-state index contributed by atoms with van der Waals surface area (Å²) < 4.78 is 17.1. The minimum Gasteiger partial charge on any atom is -0.445 e. The van der Waals surface area contributed by atoms with Gasteiger partial charge >= 0.3 is 12.2 Å². The molecule has 1 atom stereocenters. The highest BCUT2D eigenvalue weighted by Crippen LogP contribution is 2.14. The van der Waals surface area contributed by atoms with E-state index in [0.29, 0.717) is 17.6 Å². The lowest BCUT2D eigenvalue weighted by Gasteiger charge is -2.27. The van der Waals surface area contributed by atoms with E-state index in [1.807, 2.05) is 21.1 Å². The second-order valence-electron chi connectivity index (χ2n) is 12.5. The van der Waals surface area contributed by atoms with E-state index in [0.717, 1.165) is 17.7 Å². The number of nitrogens with zero attached hydrogens (tertiary/aromatic N) is 3. The highest BCUT2D eigenvalue weighted by Gasteiger charge is 2.25. The predicted molar refractivity (Wildman–Crippen MR) is 166 cm³/mol. The Labute approximate surface area is 251 Å². The monoisotopic (exact) mass is 586 g/mol. The Morgan fingerprint density at radius 3 is 1.56 bits per heavy atom. The van der Waals surface area contributed by atoms with Crippen molar-refractivity contribution in [2.24, 2.45) is 0 Å². The second-order valence-corrected chi connectivity index (χ2v) is 12.5. The van der Waals surface area contributed by atoms with Crippen LogP contribution in [0.2, 0.25) is 0 Å². The van der Waals surface area contributed by atoms with Gasteiger partial charge < -0.3 is 23.6 Å². The van der Waals surface area contributed by atoms with Gasteiger partial charge in [0.05, 0.1) is 40.8 Å². The summed E-state index contributed by atoms with van der Waals surface area (Å²) in [5, 5.41) is 0. The number of quaternary nitrogens is 1. The predicted octanol–water partition coefficient (Wildman–Crippen LogP) is 7.02. The number of likely N-dealkylation sites (N-methyl/N-ethyl adjacent to an activating group) is 1. The molecule has 9 nitrogen and oxygen atoms in total. The SMILES string of the molecule is CCCCCCCCCCCCCCCCCCOCC(COC(=O)N(CC[N+](C)(C)C)C(C)=O)OC(=O)N(C)C. The minimum atomic E-state index is -0.748. The van der Waals surface area contributed by atoms with Crippen LogP contribution in [0.4, 0.5) is 9.59 Å². The Kier molecular flexibility index (Phi) is 23.6. The summed E-state index contributed by atoms with van der Waals surface area (Å²) in [6.45, 7) is 4.96. The van der Waals surface area contributed by atoms with E-state index < -0.39 is 18.3 Å². The number of carbonyl (C=O) groups is 3. The van der Waals surface area contributed by atoms with Gasteiger partial charge in [-0.2, -0.15) is 0 Å². The molecule has 0 aliphatic carbocycles. The maximum Gasteiger partial charge on any atom is 0.416 e. The van der Waals surface area contributed by atoms with Gasteiger partial charge in [0.2, 0.25) is 5.91 Å². The smallest absolute Gasteiger partial charge is 0.416 e. The molecule has 0 bridgehead atoms. The van der Waals surface area contributed by atoms with Crippen LogP contribution in [-0.2, 0) is 19.0 Å². The molecule has 0 N–H and O–H groups in total. The second kappa shape index (κ2) is 24.7. The van der Waals surface area contributed by atoms with Crippen molar-refractivity contribution in [3.05, 3.63) is 0 Å². The number of hydrogen-bond donors (Lipinski definition) is 0. The fourth-order valence-electron chi connectivity index (χ4n) is 4.35. The lowest BCUT2D eigenvalue weighted by molar-refractivity contribution is -0.869. The van der Waals surface area contributed by atoms with Gasteiger partial charge in [0.15, 0.2) is 6.10 Å². The number of amides is 3. The van der Waals surface area contributed by atoms with Crippen LogP contribution in [-0.4, -0.2) is 107 Å². The highest BCUT2D eigenvalue weighted by molar-refractivity contribution is 5.90. The molecule has 41 heavy (non-hydrogen) atoms. The Bertz CT molecular complexity index is 681. The zero-order chi connectivity index (χ0) is 30.9. The average molecular weight is 587 g/mol. The fourth-order valence-corrected chi connectivity index (χ4v) is 4.35. The molecular weight excluding hydrogens is 522 g/mol. The van der Waals surface area contributed by atoms with Crippen molar-refractivity contribution in [1.82, 2.24) is 9.80 Å². The minimum absolute atomic E-state index is 0.130. The molecule has 0 saturated carbocycles. The van der Waals surface area contributed by atoms with Crippen molar-refractivity contribution in [3.63, 3.8) is 0 Å². The summed E-state index contributed by atoms with van der Waals surface area (Å²) >= 11 is 0. The highest BCUT2D eigenvalue weighted by atomic mass is 16.6. The van der Waals surface area contributed by atoms with Crippen LogP contribution in [0.25, 0.3) is 0 Å². The lowest BCUT2D eigenvalue weighted by atomic mass is 10.0. The summed E-state index contributed by atoms with van der Waals surface area (Å²) in [5.41, 5.74) is 0. The standard InChI is InChI=1S/C32H64N3O6/c1-8-9-10-11-12-13-14-15-16-17-18-19-20-21-22-23-26-39-27-30(41-31(37)33(3)4)28-40-32(38)34(29(2)36)24-25-35(5,6)7/h30H,8-28H2,1-7H3/q+1. The summed E-state index contributed by atoms with van der Waals surface area (Å²) in [4.78, 5) is 39.0. The van der Waals surface area contributed by atoms with Crippen LogP contribution < -0.4 is 0 Å². The van der Waals surface area contributed by atoms with Crippen molar-refractivity contribution in [2.45, 2.75) is 123 Å². The van der Waals surface area contributed by atoms with Gasteiger partial charge in [0, 0.05) is 27.6 Å². The van der Waals surface area contributed by atoms with Gasteiger partial charge in [-0.1, -0.05) is 103 Å². The van der Waals surface area contributed by atoms with Crippen LogP contribution in [0.3, 0.4) is 0 Å².